The summed E-state index contributed by atoms with van der Waals surface area (Å²) in [5.74, 6) is -1.29. The fourth-order valence-corrected chi connectivity index (χ4v) is 4.92. The Morgan fingerprint density at radius 2 is 1.85 bits per heavy atom. The van der Waals surface area contributed by atoms with Crippen molar-refractivity contribution >= 4 is 33.2 Å². The van der Waals surface area contributed by atoms with Gasteiger partial charge in [0, 0.05) is 19.0 Å². The van der Waals surface area contributed by atoms with E-state index in [2.05, 4.69) is 5.32 Å². The lowest BCUT2D eigenvalue weighted by molar-refractivity contribution is -0.120. The molecule has 0 aliphatic carbocycles. The van der Waals surface area contributed by atoms with E-state index < -0.39 is 15.8 Å². The van der Waals surface area contributed by atoms with Crippen LogP contribution in [0.15, 0.2) is 47.4 Å². The third-order valence-corrected chi connectivity index (χ3v) is 6.91. The van der Waals surface area contributed by atoms with Crippen LogP contribution in [-0.4, -0.2) is 31.7 Å². The number of rotatable bonds is 4. The second-order valence-corrected chi connectivity index (χ2v) is 8.89. The van der Waals surface area contributed by atoms with Gasteiger partial charge in [0.25, 0.3) is 0 Å². The minimum atomic E-state index is -3.91. The summed E-state index contributed by atoms with van der Waals surface area (Å²) in [5.41, 5.74) is 1.53. The Morgan fingerprint density at radius 1 is 1.19 bits per heavy atom. The molecule has 1 fully saturated rings. The van der Waals surface area contributed by atoms with Gasteiger partial charge in [-0.25, -0.2) is 12.8 Å². The summed E-state index contributed by atoms with van der Waals surface area (Å²) >= 11 is 6.14. The van der Waals surface area contributed by atoms with E-state index >= 15 is 0 Å². The van der Waals surface area contributed by atoms with Gasteiger partial charge < -0.3 is 5.32 Å². The molecule has 3 rings (SSSR count). The monoisotopic (exact) mass is 410 g/mol. The van der Waals surface area contributed by atoms with Crippen molar-refractivity contribution < 1.29 is 17.6 Å². The zero-order valence-corrected chi connectivity index (χ0v) is 16.4. The molecule has 0 radical (unpaired) electrons. The normalized spacial score (nSPS) is 16.3. The first-order valence-corrected chi connectivity index (χ1v) is 10.4. The van der Waals surface area contributed by atoms with Gasteiger partial charge in [-0.1, -0.05) is 29.8 Å². The number of aryl methyl sites for hydroxylation is 1. The van der Waals surface area contributed by atoms with Gasteiger partial charge in [-0.15, -0.1) is 0 Å². The molecule has 2 aromatic carbocycles. The van der Waals surface area contributed by atoms with Gasteiger partial charge >= 0.3 is 0 Å². The third kappa shape index (κ3) is 4.31. The molecule has 0 atom stereocenters. The Kier molecular flexibility index (Phi) is 5.83. The van der Waals surface area contributed by atoms with Crippen molar-refractivity contribution in [3.8, 4) is 0 Å². The molecular formula is C19H20ClFN2O3S. The summed E-state index contributed by atoms with van der Waals surface area (Å²) in [6, 6.07) is 10.7. The summed E-state index contributed by atoms with van der Waals surface area (Å²) < 4.78 is 40.3. The second kappa shape index (κ2) is 7.96. The zero-order chi connectivity index (χ0) is 19.6. The van der Waals surface area contributed by atoms with Crippen molar-refractivity contribution in [2.24, 2.45) is 5.92 Å². The van der Waals surface area contributed by atoms with Crippen LogP contribution in [0.1, 0.15) is 18.4 Å². The van der Waals surface area contributed by atoms with Crippen molar-refractivity contribution in [1.29, 1.82) is 0 Å². The minimum Gasteiger partial charge on any atom is -0.325 e. The summed E-state index contributed by atoms with van der Waals surface area (Å²) in [7, 11) is -3.91. The Balaban J connectivity index is 1.65. The molecular weight excluding hydrogens is 391 g/mol. The number of hydrogen-bond donors (Lipinski definition) is 1. The SMILES string of the molecule is Cc1ccc(NC(=O)C2CCN(S(=O)(=O)c3ccccc3F)CC2)c(Cl)c1. The van der Waals surface area contributed by atoms with Gasteiger partial charge in [0.1, 0.15) is 10.7 Å². The molecule has 1 heterocycles. The molecule has 0 unspecified atom stereocenters. The number of nitrogens with one attached hydrogen (secondary N) is 1. The molecule has 1 aliphatic heterocycles. The number of sulfonamides is 1. The minimum absolute atomic E-state index is 0.163. The molecule has 1 saturated heterocycles. The Hall–Kier alpha value is -1.96. The lowest BCUT2D eigenvalue weighted by atomic mass is 9.97. The Bertz CT molecular complexity index is 957. The number of carbonyl (C=O) groups is 1. The lowest BCUT2D eigenvalue weighted by Gasteiger charge is -2.30. The highest BCUT2D eigenvalue weighted by Gasteiger charge is 2.33. The fourth-order valence-electron chi connectivity index (χ4n) is 3.11. The lowest BCUT2D eigenvalue weighted by Crippen LogP contribution is -2.41. The highest BCUT2D eigenvalue weighted by molar-refractivity contribution is 7.89. The van der Waals surface area contributed by atoms with E-state index in [0.29, 0.717) is 23.6 Å². The largest absolute Gasteiger partial charge is 0.325 e. The second-order valence-electron chi connectivity index (χ2n) is 6.58. The molecule has 5 nitrogen and oxygen atoms in total. The highest BCUT2D eigenvalue weighted by Crippen LogP contribution is 2.28. The van der Waals surface area contributed by atoms with Crippen molar-refractivity contribution in [3.63, 3.8) is 0 Å². The molecule has 1 aliphatic rings. The Labute approximate surface area is 163 Å². The quantitative estimate of drug-likeness (QED) is 0.833. The number of anilines is 1. The van der Waals surface area contributed by atoms with Crippen LogP contribution in [0, 0.1) is 18.7 Å². The van der Waals surface area contributed by atoms with Crippen LogP contribution in [0.25, 0.3) is 0 Å². The number of amides is 1. The van der Waals surface area contributed by atoms with Crippen molar-refractivity contribution in [2.75, 3.05) is 18.4 Å². The van der Waals surface area contributed by atoms with Crippen LogP contribution in [0.4, 0.5) is 10.1 Å². The van der Waals surface area contributed by atoms with Crippen LogP contribution in [0.3, 0.4) is 0 Å². The van der Waals surface area contributed by atoms with Gasteiger partial charge in [0.2, 0.25) is 15.9 Å². The average molecular weight is 411 g/mol. The zero-order valence-electron chi connectivity index (χ0n) is 14.8. The molecule has 0 aromatic heterocycles. The van der Waals surface area contributed by atoms with Gasteiger partial charge in [-0.2, -0.15) is 4.31 Å². The van der Waals surface area contributed by atoms with Gasteiger partial charge in [-0.05, 0) is 49.6 Å². The number of nitrogens with zero attached hydrogens (tertiary/aromatic N) is 1. The van der Waals surface area contributed by atoms with E-state index in [1.165, 1.54) is 22.5 Å². The predicted molar refractivity (Wildman–Crippen MR) is 103 cm³/mol. The van der Waals surface area contributed by atoms with Crippen molar-refractivity contribution in [2.45, 2.75) is 24.7 Å². The van der Waals surface area contributed by atoms with E-state index in [9.17, 15) is 17.6 Å². The maximum Gasteiger partial charge on any atom is 0.245 e. The molecule has 144 valence electrons. The molecule has 2 aromatic rings. The third-order valence-electron chi connectivity index (χ3n) is 4.66. The van der Waals surface area contributed by atoms with Crippen LogP contribution >= 0.6 is 11.6 Å². The molecule has 0 spiro atoms. The van der Waals surface area contributed by atoms with Gasteiger partial charge in [0.05, 0.1) is 10.7 Å². The number of hydrogen-bond acceptors (Lipinski definition) is 3. The van der Waals surface area contributed by atoms with E-state index in [-0.39, 0.29) is 29.8 Å². The van der Waals surface area contributed by atoms with Crippen LogP contribution in [-0.2, 0) is 14.8 Å². The molecule has 8 heteroatoms. The van der Waals surface area contributed by atoms with Crippen molar-refractivity contribution in [3.05, 3.63) is 58.9 Å². The fraction of sp³-hybridized carbons (Fsp3) is 0.316. The molecule has 1 N–H and O–H groups in total. The van der Waals surface area contributed by atoms with E-state index in [1.54, 1.807) is 12.1 Å². The first-order valence-electron chi connectivity index (χ1n) is 8.61. The highest BCUT2D eigenvalue weighted by atomic mass is 35.5. The summed E-state index contributed by atoms with van der Waals surface area (Å²) in [5, 5.41) is 3.26. The predicted octanol–water partition coefficient (Wildman–Crippen LogP) is 3.83. The molecule has 1 amide bonds. The van der Waals surface area contributed by atoms with E-state index in [0.717, 1.165) is 11.6 Å². The maximum absolute atomic E-state index is 13.9. The van der Waals surface area contributed by atoms with Crippen molar-refractivity contribution in [1.82, 2.24) is 4.31 Å². The standard InChI is InChI=1S/C19H20ClFN2O3S/c1-13-6-7-17(15(20)12-13)22-19(24)14-8-10-23(11-9-14)27(25,26)18-5-3-2-4-16(18)21/h2-7,12,14H,8-11H2,1H3,(H,22,24). The molecule has 0 saturated carbocycles. The number of piperidine rings is 1. The average Bonchev–Trinajstić information content (AvgIpc) is 2.64. The first-order chi connectivity index (χ1) is 12.8. The van der Waals surface area contributed by atoms with E-state index in [4.69, 9.17) is 11.6 Å². The maximum atomic E-state index is 13.9. The number of carbonyl (C=O) groups excluding carboxylic acids is 1. The first kappa shape index (κ1) is 19.8. The van der Waals surface area contributed by atoms with E-state index in [1.807, 2.05) is 13.0 Å². The van der Waals surface area contributed by atoms with Crippen LogP contribution in [0.2, 0.25) is 5.02 Å². The van der Waals surface area contributed by atoms with Gasteiger partial charge in [-0.3, -0.25) is 4.79 Å². The molecule has 0 bridgehead atoms. The summed E-state index contributed by atoms with van der Waals surface area (Å²) in [6.07, 6.45) is 0.728. The summed E-state index contributed by atoms with van der Waals surface area (Å²) in [4.78, 5) is 12.2. The Morgan fingerprint density at radius 3 is 2.48 bits per heavy atom. The molecule has 27 heavy (non-hydrogen) atoms. The number of benzene rings is 2. The summed E-state index contributed by atoms with van der Waals surface area (Å²) in [6.45, 7) is 2.23. The van der Waals surface area contributed by atoms with Gasteiger partial charge in [0.15, 0.2) is 0 Å². The topological polar surface area (TPSA) is 66.5 Å². The number of halogens is 2. The smallest absolute Gasteiger partial charge is 0.245 e. The van der Waals surface area contributed by atoms with Crippen LogP contribution < -0.4 is 5.32 Å². The van der Waals surface area contributed by atoms with Crippen LogP contribution in [0.5, 0.6) is 0 Å².